The highest BCUT2D eigenvalue weighted by Gasteiger charge is 2.38. The Bertz CT molecular complexity index is 149. The first-order valence-corrected chi connectivity index (χ1v) is 3.85. The smallest absolute Gasteiger partial charge is 0.0349 e. The van der Waals surface area contributed by atoms with Crippen LogP contribution in [-0.4, -0.2) is 24.0 Å². The summed E-state index contributed by atoms with van der Waals surface area (Å²) in [7, 11) is 0. The van der Waals surface area contributed by atoms with Crippen LogP contribution in [0.2, 0.25) is 0 Å². The molecule has 0 aromatic carbocycles. The van der Waals surface area contributed by atoms with E-state index in [0.717, 1.165) is 6.04 Å². The van der Waals surface area contributed by atoms with Crippen molar-refractivity contribution in [1.82, 2.24) is 4.90 Å². The summed E-state index contributed by atoms with van der Waals surface area (Å²) in [5.41, 5.74) is 1.70. The summed E-state index contributed by atoms with van der Waals surface area (Å²) in [6, 6.07) is 0.893. The molecule has 9 heavy (non-hydrogen) atoms. The molecule has 1 saturated carbocycles. The third kappa shape index (κ3) is 0.799. The molecular weight excluding hydrogens is 110 g/mol. The molecule has 0 radical (unpaired) electrons. The Labute approximate surface area is 56.4 Å². The molecule has 0 bridgehead atoms. The Morgan fingerprint density at radius 2 is 2.67 bits per heavy atom. The molecule has 1 fully saturated rings. The zero-order valence-corrected chi connectivity index (χ0v) is 5.93. The van der Waals surface area contributed by atoms with Gasteiger partial charge in [0.15, 0.2) is 0 Å². The second-order valence-electron chi connectivity index (χ2n) is 2.99. The fraction of sp³-hybridized carbons (Fsp3) is 0.750. The summed E-state index contributed by atoms with van der Waals surface area (Å²) >= 11 is 0. The summed E-state index contributed by atoms with van der Waals surface area (Å²) in [6.45, 7) is 4.78. The van der Waals surface area contributed by atoms with Gasteiger partial charge in [-0.05, 0) is 19.4 Å². The lowest BCUT2D eigenvalue weighted by Crippen LogP contribution is -2.24. The van der Waals surface area contributed by atoms with Gasteiger partial charge >= 0.3 is 0 Å². The summed E-state index contributed by atoms with van der Waals surface area (Å²) < 4.78 is 0. The van der Waals surface area contributed by atoms with Crippen LogP contribution in [0, 0.1) is 0 Å². The van der Waals surface area contributed by atoms with Crippen LogP contribution in [-0.2, 0) is 0 Å². The van der Waals surface area contributed by atoms with Crippen molar-refractivity contribution in [3.05, 3.63) is 11.6 Å². The van der Waals surface area contributed by atoms with Crippen molar-refractivity contribution in [2.24, 2.45) is 0 Å². The molecule has 0 N–H and O–H groups in total. The van der Waals surface area contributed by atoms with E-state index in [4.69, 9.17) is 0 Å². The molecule has 1 nitrogen and oxygen atoms in total. The highest BCUT2D eigenvalue weighted by molar-refractivity contribution is 5.33. The first-order chi connectivity index (χ1) is 4.42. The van der Waals surface area contributed by atoms with Crippen LogP contribution >= 0.6 is 0 Å². The third-order valence-electron chi connectivity index (χ3n) is 2.24. The first-order valence-electron chi connectivity index (χ1n) is 3.85. The van der Waals surface area contributed by atoms with E-state index in [0.29, 0.717) is 0 Å². The number of fused-ring (bicyclic) bond motifs is 1. The lowest BCUT2D eigenvalue weighted by Gasteiger charge is -2.14. The van der Waals surface area contributed by atoms with Crippen molar-refractivity contribution in [3.8, 4) is 0 Å². The molecule has 0 aromatic rings. The summed E-state index contributed by atoms with van der Waals surface area (Å²) in [4.78, 5) is 2.56. The maximum atomic E-state index is 2.56. The Balaban J connectivity index is 1.90. The van der Waals surface area contributed by atoms with E-state index in [1.807, 2.05) is 0 Å². The SMILES string of the molecule is CCCN1CC=C2CC21. The normalized spacial score (nSPS) is 32.1. The van der Waals surface area contributed by atoms with Gasteiger partial charge in [-0.15, -0.1) is 0 Å². The van der Waals surface area contributed by atoms with Gasteiger partial charge in [0.05, 0.1) is 0 Å². The zero-order chi connectivity index (χ0) is 6.27. The Kier molecular flexibility index (Phi) is 1.12. The van der Waals surface area contributed by atoms with E-state index in [1.165, 1.54) is 25.9 Å². The van der Waals surface area contributed by atoms with Crippen molar-refractivity contribution >= 4 is 0 Å². The lowest BCUT2D eigenvalue weighted by atomic mass is 10.4. The molecule has 1 unspecified atom stereocenters. The molecular formula is C8H13N. The van der Waals surface area contributed by atoms with Crippen LogP contribution in [0.3, 0.4) is 0 Å². The van der Waals surface area contributed by atoms with E-state index in [9.17, 15) is 0 Å². The third-order valence-corrected chi connectivity index (χ3v) is 2.24. The van der Waals surface area contributed by atoms with E-state index in [-0.39, 0.29) is 0 Å². The molecule has 1 heteroatoms. The maximum absolute atomic E-state index is 2.56. The van der Waals surface area contributed by atoms with Gasteiger partial charge in [-0.1, -0.05) is 18.6 Å². The zero-order valence-electron chi connectivity index (χ0n) is 5.93. The van der Waals surface area contributed by atoms with Gasteiger partial charge in [0.1, 0.15) is 0 Å². The molecule has 2 rings (SSSR count). The number of rotatable bonds is 2. The minimum absolute atomic E-state index is 0.893. The molecule has 0 aromatic heterocycles. The molecule has 1 atom stereocenters. The maximum Gasteiger partial charge on any atom is 0.0349 e. The fourth-order valence-electron chi connectivity index (χ4n) is 1.64. The van der Waals surface area contributed by atoms with Crippen LogP contribution in [0.1, 0.15) is 19.8 Å². The van der Waals surface area contributed by atoms with E-state index in [2.05, 4.69) is 17.9 Å². The van der Waals surface area contributed by atoms with Crippen LogP contribution in [0.4, 0.5) is 0 Å². The molecule has 0 saturated heterocycles. The van der Waals surface area contributed by atoms with E-state index < -0.39 is 0 Å². The number of hydrogen-bond acceptors (Lipinski definition) is 1. The van der Waals surface area contributed by atoms with Gasteiger partial charge < -0.3 is 0 Å². The van der Waals surface area contributed by atoms with Crippen molar-refractivity contribution < 1.29 is 0 Å². The van der Waals surface area contributed by atoms with Gasteiger partial charge in [0.25, 0.3) is 0 Å². The van der Waals surface area contributed by atoms with Gasteiger partial charge in [-0.2, -0.15) is 0 Å². The van der Waals surface area contributed by atoms with Crippen molar-refractivity contribution in [1.29, 1.82) is 0 Å². The molecule has 2 aliphatic rings. The van der Waals surface area contributed by atoms with E-state index in [1.54, 1.807) is 5.57 Å². The molecule has 0 spiro atoms. The quantitative estimate of drug-likeness (QED) is 0.502. The first kappa shape index (κ1) is 5.48. The van der Waals surface area contributed by atoms with Gasteiger partial charge in [-0.3, -0.25) is 4.90 Å². The molecule has 1 aliphatic heterocycles. The van der Waals surface area contributed by atoms with Crippen molar-refractivity contribution in [2.75, 3.05) is 13.1 Å². The average molecular weight is 123 g/mol. The molecule has 50 valence electrons. The molecule has 0 amide bonds. The second-order valence-corrected chi connectivity index (χ2v) is 2.99. The molecule has 1 aliphatic carbocycles. The Morgan fingerprint density at radius 3 is 3.11 bits per heavy atom. The van der Waals surface area contributed by atoms with Crippen LogP contribution in [0.5, 0.6) is 0 Å². The van der Waals surface area contributed by atoms with Crippen molar-refractivity contribution in [3.63, 3.8) is 0 Å². The number of hydrogen-bond donors (Lipinski definition) is 0. The summed E-state index contributed by atoms with van der Waals surface area (Å²) in [5.74, 6) is 0. The Morgan fingerprint density at radius 1 is 1.78 bits per heavy atom. The monoisotopic (exact) mass is 123 g/mol. The minimum atomic E-state index is 0.893. The largest absolute Gasteiger partial charge is 0.293 e. The number of nitrogens with zero attached hydrogens (tertiary/aromatic N) is 1. The van der Waals surface area contributed by atoms with Crippen molar-refractivity contribution in [2.45, 2.75) is 25.8 Å². The van der Waals surface area contributed by atoms with E-state index >= 15 is 0 Å². The fourth-order valence-corrected chi connectivity index (χ4v) is 1.64. The van der Waals surface area contributed by atoms with Gasteiger partial charge in [0, 0.05) is 12.6 Å². The highest BCUT2D eigenvalue weighted by atomic mass is 15.2. The minimum Gasteiger partial charge on any atom is -0.293 e. The van der Waals surface area contributed by atoms with Gasteiger partial charge in [0.2, 0.25) is 0 Å². The predicted octanol–water partition coefficient (Wildman–Crippen LogP) is 1.41. The standard InChI is InChI=1S/C8H13N/c1-2-4-9-5-3-7-6-8(7)9/h3,8H,2,4-6H2,1H3. The van der Waals surface area contributed by atoms with Crippen LogP contribution < -0.4 is 0 Å². The lowest BCUT2D eigenvalue weighted by molar-refractivity contribution is 0.312. The molecule has 1 heterocycles. The average Bonchev–Trinajstić information content (AvgIpc) is 2.54. The summed E-state index contributed by atoms with van der Waals surface area (Å²) in [6.07, 6.45) is 5.07. The highest BCUT2D eigenvalue weighted by Crippen LogP contribution is 2.39. The van der Waals surface area contributed by atoms with Crippen LogP contribution in [0.15, 0.2) is 11.6 Å². The summed E-state index contributed by atoms with van der Waals surface area (Å²) in [5, 5.41) is 0. The van der Waals surface area contributed by atoms with Crippen LogP contribution in [0.25, 0.3) is 0 Å². The second kappa shape index (κ2) is 1.84. The Hall–Kier alpha value is -0.300. The predicted molar refractivity (Wildman–Crippen MR) is 38.4 cm³/mol. The van der Waals surface area contributed by atoms with Gasteiger partial charge in [-0.25, -0.2) is 0 Å². The topological polar surface area (TPSA) is 3.24 Å².